The van der Waals surface area contributed by atoms with Gasteiger partial charge in [-0.25, -0.2) is 0 Å². The van der Waals surface area contributed by atoms with E-state index < -0.39 is 11.8 Å². The lowest BCUT2D eigenvalue weighted by molar-refractivity contribution is -0.121. The first-order chi connectivity index (χ1) is 5.75. The number of allylic oxidation sites excluding steroid dienone is 1. The Bertz CT molecular complexity index is 201. The van der Waals surface area contributed by atoms with Gasteiger partial charge in [-0.3, -0.25) is 4.79 Å². The third-order valence-corrected chi connectivity index (χ3v) is 1.89. The molecule has 0 spiro atoms. The Balaban J connectivity index is 2.64. The molecule has 1 heterocycles. The van der Waals surface area contributed by atoms with Crippen molar-refractivity contribution in [2.45, 2.75) is 12.8 Å². The van der Waals surface area contributed by atoms with Crippen molar-refractivity contribution in [3.8, 4) is 0 Å². The van der Waals surface area contributed by atoms with E-state index in [0.29, 0.717) is 12.4 Å². The van der Waals surface area contributed by atoms with Crippen LogP contribution in [0.15, 0.2) is 11.8 Å². The van der Waals surface area contributed by atoms with Crippen molar-refractivity contribution in [2.75, 3.05) is 13.2 Å². The summed E-state index contributed by atoms with van der Waals surface area (Å²) in [7, 11) is 0. The minimum Gasteiger partial charge on any atom is -0.497 e. The van der Waals surface area contributed by atoms with Crippen LogP contribution in [0.1, 0.15) is 12.8 Å². The summed E-state index contributed by atoms with van der Waals surface area (Å²) in [5.41, 5.74) is 10.5. The molecule has 1 aliphatic heterocycles. The maximum absolute atomic E-state index is 10.9. The van der Waals surface area contributed by atoms with E-state index in [-0.39, 0.29) is 6.54 Å². The topological polar surface area (TPSA) is 78.3 Å². The Kier molecular flexibility index (Phi) is 3.10. The number of hydrogen-bond acceptors (Lipinski definition) is 3. The Labute approximate surface area is 71.6 Å². The predicted octanol–water partition coefficient (Wildman–Crippen LogP) is -0.259. The largest absolute Gasteiger partial charge is 0.497 e. The van der Waals surface area contributed by atoms with Gasteiger partial charge in [0.15, 0.2) is 0 Å². The van der Waals surface area contributed by atoms with Gasteiger partial charge in [-0.1, -0.05) is 0 Å². The number of rotatable bonds is 3. The van der Waals surface area contributed by atoms with Gasteiger partial charge in [-0.05, 0) is 18.9 Å². The van der Waals surface area contributed by atoms with E-state index in [1.165, 1.54) is 0 Å². The highest BCUT2D eigenvalue weighted by Gasteiger charge is 2.21. The van der Waals surface area contributed by atoms with Crippen molar-refractivity contribution >= 4 is 5.91 Å². The smallest absolute Gasteiger partial charge is 0.229 e. The monoisotopic (exact) mass is 170 g/mol. The molecular weight excluding hydrogens is 156 g/mol. The minimum atomic E-state index is -0.440. The van der Waals surface area contributed by atoms with Crippen LogP contribution in [0.2, 0.25) is 0 Å². The van der Waals surface area contributed by atoms with E-state index >= 15 is 0 Å². The van der Waals surface area contributed by atoms with Crippen LogP contribution in [0.25, 0.3) is 0 Å². The van der Waals surface area contributed by atoms with Crippen LogP contribution in [0, 0.1) is 5.92 Å². The van der Waals surface area contributed by atoms with Crippen LogP contribution in [-0.2, 0) is 9.53 Å². The third-order valence-electron chi connectivity index (χ3n) is 1.89. The fraction of sp³-hybridized carbons (Fsp3) is 0.625. The summed E-state index contributed by atoms with van der Waals surface area (Å²) in [5, 5.41) is 0. The lowest BCUT2D eigenvalue weighted by atomic mass is 10.0. The lowest BCUT2D eigenvalue weighted by Crippen LogP contribution is -2.32. The van der Waals surface area contributed by atoms with E-state index in [4.69, 9.17) is 16.2 Å². The first kappa shape index (κ1) is 9.06. The zero-order valence-corrected chi connectivity index (χ0v) is 6.95. The Morgan fingerprint density at radius 2 is 2.50 bits per heavy atom. The van der Waals surface area contributed by atoms with Gasteiger partial charge in [-0.2, -0.15) is 0 Å². The SMILES string of the molecule is NCC(C(N)=O)C1=CCCCO1. The Morgan fingerprint density at radius 3 is 2.92 bits per heavy atom. The maximum Gasteiger partial charge on any atom is 0.229 e. The second kappa shape index (κ2) is 4.11. The van der Waals surface area contributed by atoms with Crippen molar-refractivity contribution in [2.24, 2.45) is 17.4 Å². The Hall–Kier alpha value is -1.03. The normalized spacial score (nSPS) is 19.2. The molecule has 4 N–H and O–H groups in total. The fourth-order valence-corrected chi connectivity index (χ4v) is 1.19. The number of carbonyl (C=O) groups is 1. The maximum atomic E-state index is 10.9. The molecule has 0 saturated carbocycles. The van der Waals surface area contributed by atoms with E-state index in [1.54, 1.807) is 0 Å². The van der Waals surface area contributed by atoms with Crippen molar-refractivity contribution in [1.82, 2.24) is 0 Å². The second-order valence-corrected chi connectivity index (χ2v) is 2.79. The number of carbonyl (C=O) groups excluding carboxylic acids is 1. The minimum absolute atomic E-state index is 0.223. The van der Waals surface area contributed by atoms with E-state index in [9.17, 15) is 4.79 Å². The number of nitrogens with two attached hydrogens (primary N) is 2. The van der Waals surface area contributed by atoms with Crippen molar-refractivity contribution in [1.29, 1.82) is 0 Å². The van der Waals surface area contributed by atoms with Crippen molar-refractivity contribution in [3.63, 3.8) is 0 Å². The molecule has 1 rings (SSSR count). The fourth-order valence-electron chi connectivity index (χ4n) is 1.19. The summed E-state index contributed by atoms with van der Waals surface area (Å²) in [6.07, 6.45) is 3.84. The van der Waals surface area contributed by atoms with Crippen molar-refractivity contribution < 1.29 is 9.53 Å². The van der Waals surface area contributed by atoms with E-state index in [2.05, 4.69) is 0 Å². The molecular formula is C8H14N2O2. The average Bonchev–Trinajstić information content (AvgIpc) is 2.07. The molecule has 12 heavy (non-hydrogen) atoms. The van der Waals surface area contributed by atoms with Crippen LogP contribution in [0.3, 0.4) is 0 Å². The molecule has 0 radical (unpaired) electrons. The van der Waals surface area contributed by atoms with Gasteiger partial charge in [0.2, 0.25) is 5.91 Å². The average molecular weight is 170 g/mol. The van der Waals surface area contributed by atoms with Gasteiger partial charge in [0.1, 0.15) is 11.7 Å². The van der Waals surface area contributed by atoms with Crippen LogP contribution >= 0.6 is 0 Å². The van der Waals surface area contributed by atoms with Crippen LogP contribution in [0.5, 0.6) is 0 Å². The summed E-state index contributed by atoms with van der Waals surface area (Å²) in [4.78, 5) is 10.9. The van der Waals surface area contributed by atoms with Crippen LogP contribution in [0.4, 0.5) is 0 Å². The zero-order chi connectivity index (χ0) is 8.97. The highest BCUT2D eigenvalue weighted by molar-refractivity contribution is 5.79. The molecule has 4 heteroatoms. The molecule has 1 amide bonds. The van der Waals surface area contributed by atoms with Gasteiger partial charge in [0.25, 0.3) is 0 Å². The quantitative estimate of drug-likeness (QED) is 0.612. The Morgan fingerprint density at radius 1 is 1.75 bits per heavy atom. The molecule has 0 bridgehead atoms. The summed E-state index contributed by atoms with van der Waals surface area (Å²) < 4.78 is 5.27. The third kappa shape index (κ3) is 1.98. The molecule has 0 fully saturated rings. The molecule has 0 aromatic rings. The van der Waals surface area contributed by atoms with E-state index in [0.717, 1.165) is 12.8 Å². The number of ether oxygens (including phenoxy) is 1. The highest BCUT2D eigenvalue weighted by atomic mass is 16.5. The molecule has 0 aromatic carbocycles. The molecule has 1 atom stereocenters. The zero-order valence-electron chi connectivity index (χ0n) is 6.95. The van der Waals surface area contributed by atoms with Crippen LogP contribution in [-0.4, -0.2) is 19.1 Å². The lowest BCUT2D eigenvalue weighted by Gasteiger charge is -2.19. The molecule has 0 saturated heterocycles. The molecule has 68 valence electrons. The summed E-state index contributed by atoms with van der Waals surface area (Å²) in [6, 6.07) is 0. The van der Waals surface area contributed by atoms with E-state index in [1.807, 2.05) is 6.08 Å². The van der Waals surface area contributed by atoms with Crippen molar-refractivity contribution in [3.05, 3.63) is 11.8 Å². The standard InChI is InChI=1S/C8H14N2O2/c9-5-6(8(10)11)7-3-1-2-4-12-7/h3,6H,1-2,4-5,9H2,(H2,10,11). The first-order valence-electron chi connectivity index (χ1n) is 4.08. The van der Waals surface area contributed by atoms with Gasteiger partial charge in [0, 0.05) is 6.54 Å². The summed E-state index contributed by atoms with van der Waals surface area (Å²) >= 11 is 0. The molecule has 0 aromatic heterocycles. The summed E-state index contributed by atoms with van der Waals surface area (Å²) in [6.45, 7) is 0.886. The number of primary amides is 1. The second-order valence-electron chi connectivity index (χ2n) is 2.79. The van der Waals surface area contributed by atoms with Gasteiger partial charge >= 0.3 is 0 Å². The van der Waals surface area contributed by atoms with Gasteiger partial charge in [0.05, 0.1) is 6.61 Å². The number of hydrogen-bond donors (Lipinski definition) is 2. The van der Waals surface area contributed by atoms with Gasteiger partial charge < -0.3 is 16.2 Å². The highest BCUT2D eigenvalue weighted by Crippen LogP contribution is 2.17. The van der Waals surface area contributed by atoms with Gasteiger partial charge in [-0.15, -0.1) is 0 Å². The summed E-state index contributed by atoms with van der Waals surface area (Å²) in [5.74, 6) is -0.202. The molecule has 0 aliphatic carbocycles. The van der Waals surface area contributed by atoms with Crippen LogP contribution < -0.4 is 11.5 Å². The molecule has 1 unspecified atom stereocenters. The molecule has 4 nitrogen and oxygen atoms in total. The molecule has 1 aliphatic rings. The number of amides is 1. The first-order valence-corrected chi connectivity index (χ1v) is 4.08. The predicted molar refractivity (Wildman–Crippen MR) is 45.0 cm³/mol.